The summed E-state index contributed by atoms with van der Waals surface area (Å²) in [5.74, 6) is 0.692. The quantitative estimate of drug-likeness (QED) is 0.699. The summed E-state index contributed by atoms with van der Waals surface area (Å²) in [6, 6.07) is 14.4. The van der Waals surface area contributed by atoms with Crippen molar-refractivity contribution < 1.29 is 4.79 Å². The fraction of sp³-hybridized carbons (Fsp3) is 0.375. The van der Waals surface area contributed by atoms with E-state index in [0.29, 0.717) is 12.5 Å². The Bertz CT molecular complexity index is 985. The molecule has 1 aliphatic carbocycles. The van der Waals surface area contributed by atoms with Crippen LogP contribution in [0.3, 0.4) is 0 Å². The largest absolute Gasteiger partial charge is 0.358 e. The van der Waals surface area contributed by atoms with E-state index in [1.165, 1.54) is 28.6 Å². The SMILES string of the molecule is C[C@@H]1CCc2[nH]c3ccc(C(=O)NCc4ccc(CN(C)C)cc4)cc3c2C1. The van der Waals surface area contributed by atoms with Crippen molar-refractivity contribution in [2.24, 2.45) is 5.92 Å². The maximum Gasteiger partial charge on any atom is 0.251 e. The van der Waals surface area contributed by atoms with Gasteiger partial charge >= 0.3 is 0 Å². The van der Waals surface area contributed by atoms with Gasteiger partial charge < -0.3 is 15.2 Å². The Kier molecular flexibility index (Phi) is 5.23. The molecule has 0 bridgehead atoms. The fourth-order valence-corrected chi connectivity index (χ4v) is 4.14. The third-order valence-electron chi connectivity index (χ3n) is 5.67. The minimum Gasteiger partial charge on any atom is -0.358 e. The summed E-state index contributed by atoms with van der Waals surface area (Å²) in [5.41, 5.74) is 7.02. The van der Waals surface area contributed by atoms with Crippen LogP contribution in [0.1, 0.15) is 46.1 Å². The molecule has 4 heteroatoms. The standard InChI is InChI=1S/C24H29N3O/c1-16-4-10-22-20(12-16)21-13-19(9-11-23(21)26-22)24(28)25-14-17-5-7-18(8-6-17)15-27(2)3/h5-9,11,13,16,26H,4,10,12,14-15H2,1-3H3,(H,25,28)/t16-/m1/s1. The van der Waals surface area contributed by atoms with Gasteiger partial charge in [0, 0.05) is 35.2 Å². The molecule has 1 atom stereocenters. The topological polar surface area (TPSA) is 48.1 Å². The van der Waals surface area contributed by atoms with Gasteiger partial charge in [0.1, 0.15) is 0 Å². The van der Waals surface area contributed by atoms with Gasteiger partial charge in [-0.25, -0.2) is 0 Å². The van der Waals surface area contributed by atoms with Gasteiger partial charge in [-0.15, -0.1) is 0 Å². The van der Waals surface area contributed by atoms with Crippen molar-refractivity contribution >= 4 is 16.8 Å². The molecule has 0 saturated carbocycles. The van der Waals surface area contributed by atoms with Crippen LogP contribution in [0.15, 0.2) is 42.5 Å². The zero-order valence-electron chi connectivity index (χ0n) is 17.0. The molecule has 1 heterocycles. The predicted octanol–water partition coefficient (Wildman–Crippen LogP) is 4.28. The first kappa shape index (κ1) is 18.8. The Morgan fingerprint density at radius 2 is 1.89 bits per heavy atom. The number of aromatic amines is 1. The third kappa shape index (κ3) is 3.97. The smallest absolute Gasteiger partial charge is 0.251 e. The van der Waals surface area contributed by atoms with E-state index < -0.39 is 0 Å². The molecule has 0 radical (unpaired) electrons. The predicted molar refractivity (Wildman–Crippen MR) is 114 cm³/mol. The maximum atomic E-state index is 12.7. The van der Waals surface area contributed by atoms with E-state index in [1.54, 1.807) is 0 Å². The van der Waals surface area contributed by atoms with Crippen molar-refractivity contribution in [1.29, 1.82) is 0 Å². The molecule has 1 aromatic heterocycles. The molecule has 0 spiro atoms. The summed E-state index contributed by atoms with van der Waals surface area (Å²) in [7, 11) is 4.13. The molecule has 2 N–H and O–H groups in total. The van der Waals surface area contributed by atoms with Crippen LogP contribution in [0.25, 0.3) is 10.9 Å². The maximum absolute atomic E-state index is 12.7. The number of H-pyrrole nitrogens is 1. The highest BCUT2D eigenvalue weighted by atomic mass is 16.1. The molecule has 4 nitrogen and oxygen atoms in total. The highest BCUT2D eigenvalue weighted by molar-refractivity contribution is 5.99. The summed E-state index contributed by atoms with van der Waals surface area (Å²) in [6.07, 6.45) is 3.44. The molecule has 0 aliphatic heterocycles. The zero-order chi connectivity index (χ0) is 19.7. The van der Waals surface area contributed by atoms with Gasteiger partial charge in [-0.3, -0.25) is 4.79 Å². The Balaban J connectivity index is 1.46. The van der Waals surface area contributed by atoms with Crippen LogP contribution < -0.4 is 5.32 Å². The van der Waals surface area contributed by atoms with E-state index in [-0.39, 0.29) is 5.91 Å². The second-order valence-electron chi connectivity index (χ2n) is 8.43. The van der Waals surface area contributed by atoms with E-state index in [9.17, 15) is 4.79 Å². The van der Waals surface area contributed by atoms with Crippen molar-refractivity contribution in [1.82, 2.24) is 15.2 Å². The van der Waals surface area contributed by atoms with E-state index in [0.717, 1.165) is 36.0 Å². The van der Waals surface area contributed by atoms with Gasteiger partial charge in [0.05, 0.1) is 0 Å². The van der Waals surface area contributed by atoms with Crippen LogP contribution in [0, 0.1) is 5.92 Å². The molecular formula is C24H29N3O. The van der Waals surface area contributed by atoms with Crippen LogP contribution in [0.2, 0.25) is 0 Å². The molecule has 0 unspecified atom stereocenters. The second-order valence-corrected chi connectivity index (χ2v) is 8.43. The van der Waals surface area contributed by atoms with Crippen molar-refractivity contribution in [3.63, 3.8) is 0 Å². The highest BCUT2D eigenvalue weighted by Gasteiger charge is 2.20. The van der Waals surface area contributed by atoms with Crippen molar-refractivity contribution in [3.05, 3.63) is 70.4 Å². The normalized spacial score (nSPS) is 16.4. The van der Waals surface area contributed by atoms with Gasteiger partial charge in [-0.05, 0) is 74.2 Å². The lowest BCUT2D eigenvalue weighted by molar-refractivity contribution is 0.0951. The molecule has 146 valence electrons. The van der Waals surface area contributed by atoms with Crippen molar-refractivity contribution in [2.45, 2.75) is 39.3 Å². The van der Waals surface area contributed by atoms with Crippen molar-refractivity contribution in [2.75, 3.05) is 14.1 Å². The fourth-order valence-electron chi connectivity index (χ4n) is 4.14. The molecule has 4 rings (SSSR count). The zero-order valence-corrected chi connectivity index (χ0v) is 17.0. The molecule has 28 heavy (non-hydrogen) atoms. The lowest BCUT2D eigenvalue weighted by Crippen LogP contribution is -2.22. The number of nitrogens with zero attached hydrogens (tertiary/aromatic N) is 1. The number of carbonyl (C=O) groups excluding carboxylic acids is 1. The lowest BCUT2D eigenvalue weighted by Gasteiger charge is -2.18. The third-order valence-corrected chi connectivity index (χ3v) is 5.67. The first-order valence-corrected chi connectivity index (χ1v) is 10.1. The number of carbonyl (C=O) groups is 1. The number of fused-ring (bicyclic) bond motifs is 3. The number of rotatable bonds is 5. The van der Waals surface area contributed by atoms with Crippen LogP contribution in [-0.2, 0) is 25.9 Å². The van der Waals surface area contributed by atoms with Gasteiger partial charge in [0.15, 0.2) is 0 Å². The van der Waals surface area contributed by atoms with E-state index in [1.807, 2.05) is 12.1 Å². The summed E-state index contributed by atoms with van der Waals surface area (Å²) in [5, 5.41) is 4.27. The number of hydrogen-bond donors (Lipinski definition) is 2. The van der Waals surface area contributed by atoms with Crippen molar-refractivity contribution in [3.8, 4) is 0 Å². The number of nitrogens with one attached hydrogen (secondary N) is 2. The Hall–Kier alpha value is -2.59. The Labute approximate surface area is 166 Å². The summed E-state index contributed by atoms with van der Waals surface area (Å²) in [6.45, 7) is 3.77. The number of aryl methyl sites for hydroxylation is 1. The first-order chi connectivity index (χ1) is 13.5. The van der Waals surface area contributed by atoms with Gasteiger partial charge in [0.2, 0.25) is 0 Å². The second kappa shape index (κ2) is 7.80. The van der Waals surface area contributed by atoms with E-state index >= 15 is 0 Å². The number of amides is 1. The molecule has 0 saturated heterocycles. The average Bonchev–Trinajstić information content (AvgIpc) is 3.04. The van der Waals surface area contributed by atoms with Gasteiger partial charge in [0.25, 0.3) is 5.91 Å². The number of hydrogen-bond acceptors (Lipinski definition) is 2. The molecule has 3 aromatic rings. The minimum atomic E-state index is -0.0157. The van der Waals surface area contributed by atoms with Gasteiger partial charge in [-0.1, -0.05) is 31.2 Å². The summed E-state index contributed by atoms with van der Waals surface area (Å²) >= 11 is 0. The average molecular weight is 376 g/mol. The molecule has 1 amide bonds. The van der Waals surface area contributed by atoms with Crippen LogP contribution in [0.4, 0.5) is 0 Å². The number of aromatic nitrogens is 1. The Morgan fingerprint density at radius 1 is 1.14 bits per heavy atom. The van der Waals surface area contributed by atoms with E-state index in [2.05, 4.69) is 66.6 Å². The first-order valence-electron chi connectivity index (χ1n) is 10.1. The molecule has 1 aliphatic rings. The minimum absolute atomic E-state index is 0.0157. The molecular weight excluding hydrogens is 346 g/mol. The molecule has 0 fully saturated rings. The van der Waals surface area contributed by atoms with Crippen LogP contribution in [0.5, 0.6) is 0 Å². The lowest BCUT2D eigenvalue weighted by atomic mass is 9.87. The number of benzene rings is 2. The van der Waals surface area contributed by atoms with Crippen LogP contribution in [-0.4, -0.2) is 29.9 Å². The highest BCUT2D eigenvalue weighted by Crippen LogP contribution is 2.32. The summed E-state index contributed by atoms with van der Waals surface area (Å²) in [4.78, 5) is 18.4. The monoisotopic (exact) mass is 375 g/mol. The summed E-state index contributed by atoms with van der Waals surface area (Å²) < 4.78 is 0. The van der Waals surface area contributed by atoms with Crippen LogP contribution >= 0.6 is 0 Å². The Morgan fingerprint density at radius 3 is 2.64 bits per heavy atom. The molecule has 2 aromatic carbocycles. The van der Waals surface area contributed by atoms with E-state index in [4.69, 9.17) is 0 Å². The van der Waals surface area contributed by atoms with Gasteiger partial charge in [-0.2, -0.15) is 0 Å².